The number of anilines is 1. The molecule has 2 amide bonds. The molecular weight excluding hydrogens is 346 g/mol. The monoisotopic (exact) mass is 369 g/mol. The molecule has 0 saturated heterocycles. The van der Waals surface area contributed by atoms with E-state index in [9.17, 15) is 9.59 Å². The number of aryl methyl sites for hydroxylation is 1. The summed E-state index contributed by atoms with van der Waals surface area (Å²) < 4.78 is 5.66. The average Bonchev–Trinajstić information content (AvgIpc) is 2.65. The molecule has 27 heavy (non-hydrogen) atoms. The number of amides is 2. The molecule has 1 aromatic carbocycles. The molecule has 3 rings (SSSR count). The number of rotatable bonds is 5. The highest BCUT2D eigenvalue weighted by molar-refractivity contribution is 5.89. The van der Waals surface area contributed by atoms with E-state index in [2.05, 4.69) is 15.6 Å². The molecule has 1 aliphatic carbocycles. The summed E-state index contributed by atoms with van der Waals surface area (Å²) in [6.45, 7) is 2.01. The minimum Gasteiger partial charge on any atom is -0.481 e. The van der Waals surface area contributed by atoms with E-state index >= 15 is 0 Å². The minimum absolute atomic E-state index is 0.00213. The Bertz CT molecular complexity index is 782. The van der Waals surface area contributed by atoms with Crippen molar-refractivity contribution in [1.82, 2.24) is 10.3 Å². The highest BCUT2D eigenvalue weighted by Crippen LogP contribution is 2.24. The maximum Gasteiger partial charge on any atom is 0.319 e. The van der Waals surface area contributed by atoms with Crippen LogP contribution in [-0.4, -0.2) is 28.1 Å². The lowest BCUT2D eigenvalue weighted by Gasteiger charge is -2.26. The molecule has 0 spiro atoms. The second kappa shape index (κ2) is 8.53. The van der Waals surface area contributed by atoms with Crippen molar-refractivity contribution in [2.45, 2.75) is 38.6 Å². The average molecular weight is 369 g/mol. The number of aliphatic carboxylic acids is 1. The normalized spacial score (nSPS) is 19.1. The molecule has 0 unspecified atom stereocenters. The first-order valence-corrected chi connectivity index (χ1v) is 9.00. The summed E-state index contributed by atoms with van der Waals surface area (Å²) in [7, 11) is 0. The van der Waals surface area contributed by atoms with E-state index in [1.165, 1.54) is 6.20 Å². The highest BCUT2D eigenvalue weighted by Gasteiger charge is 2.26. The van der Waals surface area contributed by atoms with E-state index in [1.807, 2.05) is 31.2 Å². The molecule has 142 valence electrons. The van der Waals surface area contributed by atoms with Gasteiger partial charge in [0.25, 0.3) is 0 Å². The number of nitrogens with one attached hydrogen (secondary N) is 2. The molecule has 1 saturated carbocycles. The number of carbonyl (C=O) groups excluding carboxylic acids is 1. The van der Waals surface area contributed by atoms with E-state index in [-0.39, 0.29) is 18.0 Å². The van der Waals surface area contributed by atoms with Gasteiger partial charge in [-0.05, 0) is 50.8 Å². The number of ether oxygens (including phenoxy) is 1. The van der Waals surface area contributed by atoms with Crippen molar-refractivity contribution in [3.63, 3.8) is 0 Å². The van der Waals surface area contributed by atoms with Crippen molar-refractivity contribution in [2.24, 2.45) is 5.92 Å². The first-order chi connectivity index (χ1) is 13.0. The summed E-state index contributed by atoms with van der Waals surface area (Å²) in [4.78, 5) is 27.3. The fourth-order valence-electron chi connectivity index (χ4n) is 3.08. The van der Waals surface area contributed by atoms with Gasteiger partial charge in [0, 0.05) is 12.1 Å². The van der Waals surface area contributed by atoms with Crippen molar-refractivity contribution in [2.75, 3.05) is 5.32 Å². The molecule has 2 aromatic rings. The molecule has 7 nitrogen and oxygen atoms in total. The van der Waals surface area contributed by atoms with Gasteiger partial charge >= 0.3 is 12.0 Å². The van der Waals surface area contributed by atoms with Crippen LogP contribution < -0.4 is 15.4 Å². The van der Waals surface area contributed by atoms with Gasteiger partial charge in [0.15, 0.2) is 0 Å². The summed E-state index contributed by atoms with van der Waals surface area (Å²) in [5.74, 6) is 0.0913. The maximum absolute atomic E-state index is 12.1. The van der Waals surface area contributed by atoms with Gasteiger partial charge in [-0.2, -0.15) is 0 Å². The number of urea groups is 1. The van der Waals surface area contributed by atoms with Gasteiger partial charge in [0.05, 0.1) is 17.8 Å². The first-order valence-electron chi connectivity index (χ1n) is 9.00. The van der Waals surface area contributed by atoms with Gasteiger partial charge in [0.1, 0.15) is 5.75 Å². The van der Waals surface area contributed by atoms with Crippen LogP contribution >= 0.6 is 0 Å². The van der Waals surface area contributed by atoms with Crippen LogP contribution in [0.3, 0.4) is 0 Å². The molecular formula is C20H23N3O4. The van der Waals surface area contributed by atoms with Crippen molar-refractivity contribution < 1.29 is 19.4 Å². The molecule has 1 fully saturated rings. The summed E-state index contributed by atoms with van der Waals surface area (Å²) in [5, 5.41) is 14.6. The number of hydrogen-bond donors (Lipinski definition) is 3. The van der Waals surface area contributed by atoms with E-state index in [4.69, 9.17) is 9.84 Å². The number of benzene rings is 1. The molecule has 1 aliphatic rings. The number of hydrogen-bond acceptors (Lipinski definition) is 4. The second-order valence-corrected chi connectivity index (χ2v) is 6.79. The summed E-state index contributed by atoms with van der Waals surface area (Å²) >= 11 is 0. The topological polar surface area (TPSA) is 101 Å². The second-order valence-electron chi connectivity index (χ2n) is 6.79. The van der Waals surface area contributed by atoms with Crippen LogP contribution in [0.5, 0.6) is 11.6 Å². The molecule has 1 heterocycles. The number of pyridine rings is 1. The summed E-state index contributed by atoms with van der Waals surface area (Å²) in [6.07, 6.45) is 4.06. The first kappa shape index (κ1) is 18.7. The number of aromatic nitrogens is 1. The van der Waals surface area contributed by atoms with E-state index < -0.39 is 5.97 Å². The number of carboxylic acid groups (broad SMARTS) is 1. The Morgan fingerprint density at radius 3 is 2.37 bits per heavy atom. The third-order valence-electron chi connectivity index (χ3n) is 4.65. The van der Waals surface area contributed by atoms with Crippen molar-refractivity contribution in [3.8, 4) is 11.6 Å². The zero-order valence-electron chi connectivity index (χ0n) is 15.1. The van der Waals surface area contributed by atoms with Crippen LogP contribution in [0.2, 0.25) is 0 Å². The van der Waals surface area contributed by atoms with Crippen LogP contribution in [0.4, 0.5) is 10.5 Å². The van der Waals surface area contributed by atoms with Gasteiger partial charge in [-0.15, -0.1) is 0 Å². The van der Waals surface area contributed by atoms with Crippen LogP contribution in [0.1, 0.15) is 31.2 Å². The standard InChI is InChI=1S/C20H23N3O4/c1-13-2-9-17(10-3-13)27-18-11-8-16(12-21-18)23-20(26)22-15-6-4-14(5-7-15)19(24)25/h2-3,8-12,14-15H,4-7H2,1H3,(H,24,25)(H2,22,23,26). The maximum atomic E-state index is 12.1. The smallest absolute Gasteiger partial charge is 0.319 e. The Balaban J connectivity index is 1.47. The van der Waals surface area contributed by atoms with Crippen LogP contribution in [-0.2, 0) is 4.79 Å². The van der Waals surface area contributed by atoms with Gasteiger partial charge in [-0.1, -0.05) is 17.7 Å². The molecule has 3 N–H and O–H groups in total. The Morgan fingerprint density at radius 1 is 1.07 bits per heavy atom. The van der Waals surface area contributed by atoms with Crippen molar-refractivity contribution >= 4 is 17.7 Å². The molecule has 7 heteroatoms. The zero-order valence-corrected chi connectivity index (χ0v) is 15.1. The largest absolute Gasteiger partial charge is 0.481 e. The Kier molecular flexibility index (Phi) is 5.90. The van der Waals surface area contributed by atoms with Crippen LogP contribution in [0, 0.1) is 12.8 Å². The lowest BCUT2D eigenvalue weighted by molar-refractivity contribution is -0.142. The van der Waals surface area contributed by atoms with E-state index in [0.29, 0.717) is 43.0 Å². The Morgan fingerprint density at radius 2 is 1.78 bits per heavy atom. The quantitative estimate of drug-likeness (QED) is 0.741. The zero-order chi connectivity index (χ0) is 19.2. The third-order valence-corrected chi connectivity index (χ3v) is 4.65. The lowest BCUT2D eigenvalue weighted by Crippen LogP contribution is -2.40. The molecule has 1 aromatic heterocycles. The Hall–Kier alpha value is -3.09. The molecule has 0 atom stereocenters. The van der Waals surface area contributed by atoms with Gasteiger partial charge in [0.2, 0.25) is 5.88 Å². The minimum atomic E-state index is -0.753. The van der Waals surface area contributed by atoms with Gasteiger partial charge in [-0.25, -0.2) is 9.78 Å². The van der Waals surface area contributed by atoms with E-state index in [0.717, 1.165) is 5.56 Å². The fourth-order valence-corrected chi connectivity index (χ4v) is 3.08. The lowest BCUT2D eigenvalue weighted by atomic mass is 9.86. The van der Waals surface area contributed by atoms with Crippen molar-refractivity contribution in [1.29, 1.82) is 0 Å². The third kappa shape index (κ3) is 5.44. The summed E-state index contributed by atoms with van der Waals surface area (Å²) in [5.41, 5.74) is 1.71. The predicted octanol–water partition coefficient (Wildman–Crippen LogP) is 3.95. The molecule has 0 aliphatic heterocycles. The fraction of sp³-hybridized carbons (Fsp3) is 0.350. The van der Waals surface area contributed by atoms with Crippen molar-refractivity contribution in [3.05, 3.63) is 48.2 Å². The number of nitrogens with zero attached hydrogens (tertiary/aromatic N) is 1. The highest BCUT2D eigenvalue weighted by atomic mass is 16.5. The Labute approximate surface area is 157 Å². The predicted molar refractivity (Wildman–Crippen MR) is 101 cm³/mol. The van der Waals surface area contributed by atoms with E-state index in [1.54, 1.807) is 12.1 Å². The summed E-state index contributed by atoms with van der Waals surface area (Å²) in [6, 6.07) is 10.7. The molecule has 0 bridgehead atoms. The SMILES string of the molecule is Cc1ccc(Oc2ccc(NC(=O)NC3CCC(C(=O)O)CC3)cn2)cc1. The van der Waals surface area contributed by atoms with Gasteiger partial charge < -0.3 is 20.5 Å². The number of carboxylic acids is 1. The number of carbonyl (C=O) groups is 2. The molecule has 0 radical (unpaired) electrons. The van der Waals surface area contributed by atoms with Crippen LogP contribution in [0.15, 0.2) is 42.6 Å². The van der Waals surface area contributed by atoms with Crippen LogP contribution in [0.25, 0.3) is 0 Å². The van der Waals surface area contributed by atoms with Gasteiger partial charge in [-0.3, -0.25) is 4.79 Å².